The Kier molecular flexibility index (Phi) is 5.01. The van der Waals surface area contributed by atoms with Gasteiger partial charge in [0.15, 0.2) is 0 Å². The molecule has 0 aromatic carbocycles. The molecule has 10 atom stereocenters. The lowest BCUT2D eigenvalue weighted by Gasteiger charge is -2.62. The van der Waals surface area contributed by atoms with Gasteiger partial charge in [0.25, 0.3) is 0 Å². The van der Waals surface area contributed by atoms with Crippen LogP contribution in [-0.4, -0.2) is 22.4 Å². The van der Waals surface area contributed by atoms with E-state index in [2.05, 4.69) is 27.7 Å². The molecule has 2 N–H and O–H groups in total. The Morgan fingerprint density at radius 2 is 1.62 bits per heavy atom. The molecule has 0 bridgehead atoms. The van der Waals surface area contributed by atoms with Crippen molar-refractivity contribution in [3.63, 3.8) is 0 Å². The molecule has 0 spiro atoms. The van der Waals surface area contributed by atoms with E-state index < -0.39 is 0 Å². The zero-order chi connectivity index (χ0) is 18.7. The van der Waals surface area contributed by atoms with Gasteiger partial charge in [0.2, 0.25) is 0 Å². The van der Waals surface area contributed by atoms with E-state index in [1.54, 1.807) is 0 Å². The van der Waals surface area contributed by atoms with Crippen LogP contribution in [0.15, 0.2) is 0 Å². The van der Waals surface area contributed by atoms with Gasteiger partial charge in [-0.2, -0.15) is 0 Å². The maximum atomic E-state index is 11.3. The monoisotopic (exact) mass is 362 g/mol. The number of rotatable bonds is 3. The summed E-state index contributed by atoms with van der Waals surface area (Å²) in [4.78, 5) is 0. The number of hydrogen-bond acceptors (Lipinski definition) is 2. The Balaban J connectivity index is 1.61. The summed E-state index contributed by atoms with van der Waals surface area (Å²) in [5.41, 5.74) is 0.811. The van der Waals surface area contributed by atoms with Crippen molar-refractivity contribution in [2.75, 3.05) is 0 Å². The molecule has 0 saturated heterocycles. The predicted octanol–water partition coefficient (Wildman–Crippen LogP) is 5.41. The fraction of sp³-hybridized carbons (Fsp3) is 1.00. The average Bonchev–Trinajstić information content (AvgIpc) is 2.94. The smallest absolute Gasteiger partial charge is 0.0577 e. The van der Waals surface area contributed by atoms with Gasteiger partial charge in [-0.05, 0) is 97.7 Å². The van der Waals surface area contributed by atoms with Crippen molar-refractivity contribution in [3.8, 4) is 0 Å². The molecule has 0 aromatic rings. The predicted molar refractivity (Wildman–Crippen MR) is 107 cm³/mol. The zero-order valence-corrected chi connectivity index (χ0v) is 17.6. The molecule has 2 heteroatoms. The summed E-state index contributed by atoms with van der Waals surface area (Å²) < 4.78 is 0. The summed E-state index contributed by atoms with van der Waals surface area (Å²) in [5, 5.41) is 21.5. The molecule has 2 nitrogen and oxygen atoms in total. The Morgan fingerprint density at radius 3 is 2.35 bits per heavy atom. The van der Waals surface area contributed by atoms with Crippen molar-refractivity contribution < 1.29 is 10.2 Å². The minimum atomic E-state index is -0.131. The van der Waals surface area contributed by atoms with Gasteiger partial charge in [-0.1, -0.05) is 40.5 Å². The van der Waals surface area contributed by atoms with E-state index in [9.17, 15) is 10.2 Å². The highest BCUT2D eigenvalue weighted by Gasteiger charge is 2.62. The van der Waals surface area contributed by atoms with Crippen LogP contribution in [-0.2, 0) is 0 Å². The summed E-state index contributed by atoms with van der Waals surface area (Å²) in [7, 11) is 0. The fourth-order valence-electron chi connectivity index (χ4n) is 8.83. The van der Waals surface area contributed by atoms with E-state index in [4.69, 9.17) is 0 Å². The highest BCUT2D eigenvalue weighted by atomic mass is 16.3. The summed E-state index contributed by atoms with van der Waals surface area (Å²) in [5.74, 6) is 4.15. The van der Waals surface area contributed by atoms with Crippen LogP contribution < -0.4 is 0 Å². The van der Waals surface area contributed by atoms with Crippen LogP contribution in [0, 0.1) is 46.3 Å². The minimum Gasteiger partial charge on any atom is -0.393 e. The van der Waals surface area contributed by atoms with Gasteiger partial charge in [-0.3, -0.25) is 0 Å². The number of aliphatic hydroxyl groups is 2. The fourth-order valence-corrected chi connectivity index (χ4v) is 8.83. The Bertz CT molecular complexity index is 518. The van der Waals surface area contributed by atoms with E-state index in [1.165, 1.54) is 44.9 Å². The highest BCUT2D eigenvalue weighted by molar-refractivity contribution is 5.11. The summed E-state index contributed by atoms with van der Waals surface area (Å²) in [6.07, 6.45) is 11.8. The molecular weight excluding hydrogens is 320 g/mol. The molecule has 0 aliphatic heterocycles. The zero-order valence-electron chi connectivity index (χ0n) is 17.6. The van der Waals surface area contributed by atoms with Crippen LogP contribution in [0.25, 0.3) is 0 Å². The second kappa shape index (κ2) is 6.76. The minimum absolute atomic E-state index is 0.128. The van der Waals surface area contributed by atoms with E-state index in [0.29, 0.717) is 28.6 Å². The van der Waals surface area contributed by atoms with Crippen molar-refractivity contribution >= 4 is 0 Å². The molecule has 4 aliphatic rings. The third kappa shape index (κ3) is 2.72. The van der Waals surface area contributed by atoms with E-state index >= 15 is 0 Å². The van der Waals surface area contributed by atoms with Gasteiger partial charge in [0.05, 0.1) is 12.2 Å². The lowest BCUT2D eigenvalue weighted by molar-refractivity contribution is -0.174. The van der Waals surface area contributed by atoms with Crippen molar-refractivity contribution in [1.82, 2.24) is 0 Å². The molecule has 0 amide bonds. The molecule has 0 aromatic heterocycles. The van der Waals surface area contributed by atoms with Gasteiger partial charge in [-0.25, -0.2) is 0 Å². The van der Waals surface area contributed by atoms with Crippen molar-refractivity contribution in [2.45, 2.75) is 104 Å². The first kappa shape index (κ1) is 19.2. The molecule has 0 heterocycles. The molecule has 4 rings (SSSR count). The van der Waals surface area contributed by atoms with E-state index in [1.807, 2.05) is 0 Å². The van der Waals surface area contributed by atoms with Gasteiger partial charge in [0.1, 0.15) is 0 Å². The summed E-state index contributed by atoms with van der Waals surface area (Å²) in [6.45, 7) is 9.92. The summed E-state index contributed by atoms with van der Waals surface area (Å²) >= 11 is 0. The SMILES string of the molecule is CCC[C@@H](C)[C@H]1CC[C@H]2[C@@H]3[C@@H](O)C[C@@H]4C[C@H](O)CC[C@]4(C)[C@H]3CC[C@]12C. The van der Waals surface area contributed by atoms with Crippen LogP contribution in [0.3, 0.4) is 0 Å². The van der Waals surface area contributed by atoms with Gasteiger partial charge >= 0.3 is 0 Å². The Hall–Kier alpha value is -0.0800. The van der Waals surface area contributed by atoms with Crippen LogP contribution in [0.4, 0.5) is 0 Å². The number of hydrogen-bond donors (Lipinski definition) is 2. The molecule has 26 heavy (non-hydrogen) atoms. The van der Waals surface area contributed by atoms with Gasteiger partial charge in [0, 0.05) is 0 Å². The number of aliphatic hydroxyl groups excluding tert-OH is 2. The third-order valence-electron chi connectivity index (χ3n) is 10.2. The number of fused-ring (bicyclic) bond motifs is 5. The first-order valence-electron chi connectivity index (χ1n) is 11.7. The Labute approximate surface area is 161 Å². The lowest BCUT2D eigenvalue weighted by atomic mass is 9.43. The van der Waals surface area contributed by atoms with Crippen LogP contribution in [0.2, 0.25) is 0 Å². The first-order valence-corrected chi connectivity index (χ1v) is 11.7. The normalized spacial score (nSPS) is 54.9. The maximum Gasteiger partial charge on any atom is 0.0577 e. The second-order valence-corrected chi connectivity index (χ2v) is 11.2. The first-order chi connectivity index (χ1) is 12.3. The van der Waals surface area contributed by atoms with Crippen molar-refractivity contribution in [3.05, 3.63) is 0 Å². The van der Waals surface area contributed by atoms with E-state index in [-0.39, 0.29) is 12.2 Å². The van der Waals surface area contributed by atoms with Crippen LogP contribution in [0.5, 0.6) is 0 Å². The van der Waals surface area contributed by atoms with Crippen LogP contribution >= 0.6 is 0 Å². The van der Waals surface area contributed by atoms with Gasteiger partial charge in [-0.15, -0.1) is 0 Å². The molecule has 4 aliphatic carbocycles. The molecule has 4 fully saturated rings. The molecule has 0 unspecified atom stereocenters. The molecule has 0 radical (unpaired) electrons. The van der Waals surface area contributed by atoms with Gasteiger partial charge < -0.3 is 10.2 Å². The molecular formula is C24H42O2. The Morgan fingerprint density at radius 1 is 0.923 bits per heavy atom. The quantitative estimate of drug-likeness (QED) is 0.704. The molecule has 4 saturated carbocycles. The standard InChI is InChI=1S/C24H42O2/c1-5-6-15(2)18-7-8-19-22-20(10-12-24(18,19)4)23(3)11-9-17(25)13-16(23)14-21(22)26/h15-22,25-26H,5-14H2,1-4H3/t15-,16+,17-,18-,19+,20+,21+,22+,23+,24-/m1/s1. The van der Waals surface area contributed by atoms with Crippen molar-refractivity contribution in [2.24, 2.45) is 46.3 Å². The van der Waals surface area contributed by atoms with Crippen molar-refractivity contribution in [1.29, 1.82) is 0 Å². The summed E-state index contributed by atoms with van der Waals surface area (Å²) in [6, 6.07) is 0. The maximum absolute atomic E-state index is 11.3. The average molecular weight is 363 g/mol. The second-order valence-electron chi connectivity index (χ2n) is 11.2. The lowest BCUT2D eigenvalue weighted by Crippen LogP contribution is -2.58. The van der Waals surface area contributed by atoms with E-state index in [0.717, 1.165) is 37.0 Å². The largest absolute Gasteiger partial charge is 0.393 e. The molecule has 150 valence electrons. The van der Waals surface area contributed by atoms with Crippen LogP contribution in [0.1, 0.15) is 91.9 Å². The third-order valence-corrected chi connectivity index (χ3v) is 10.2. The highest BCUT2D eigenvalue weighted by Crippen LogP contribution is 2.68. The topological polar surface area (TPSA) is 40.5 Å².